The van der Waals surface area contributed by atoms with E-state index in [2.05, 4.69) is 15.0 Å². The monoisotopic (exact) mass is 406 g/mol. The normalized spacial score (nSPS) is 17.2. The van der Waals surface area contributed by atoms with Crippen LogP contribution >= 0.6 is 0 Å². The number of methoxy groups -OCH3 is 1. The van der Waals surface area contributed by atoms with Gasteiger partial charge >= 0.3 is 6.03 Å². The van der Waals surface area contributed by atoms with Crippen LogP contribution < -0.4 is 10.1 Å². The lowest BCUT2D eigenvalue weighted by atomic mass is 9.77. The molecule has 2 aliphatic rings. The summed E-state index contributed by atoms with van der Waals surface area (Å²) >= 11 is 0. The first-order valence-corrected chi connectivity index (χ1v) is 10.3. The molecule has 2 amide bonds. The Labute approximate surface area is 175 Å². The van der Waals surface area contributed by atoms with Crippen molar-refractivity contribution in [3.63, 3.8) is 0 Å². The van der Waals surface area contributed by atoms with Crippen LogP contribution in [0.5, 0.6) is 5.75 Å². The molecule has 4 heterocycles. The highest BCUT2D eigenvalue weighted by Gasteiger charge is 2.44. The molecule has 3 aromatic rings. The summed E-state index contributed by atoms with van der Waals surface area (Å²) in [5.74, 6) is 1.89. The SMILES string of the molecule is COc1cccc(NC(=O)N2CCC3(CC2)CCn2c(-c4cnn(C)c4)cnc23)c1. The summed E-state index contributed by atoms with van der Waals surface area (Å²) in [6, 6.07) is 7.38. The molecule has 1 fully saturated rings. The Balaban J connectivity index is 1.28. The summed E-state index contributed by atoms with van der Waals surface area (Å²) in [5.41, 5.74) is 3.04. The zero-order chi connectivity index (χ0) is 20.7. The van der Waals surface area contributed by atoms with E-state index in [9.17, 15) is 4.79 Å². The summed E-state index contributed by atoms with van der Waals surface area (Å²) in [5, 5.41) is 7.28. The number of fused-ring (bicyclic) bond motifs is 2. The Bertz CT molecular complexity index is 1080. The smallest absolute Gasteiger partial charge is 0.321 e. The summed E-state index contributed by atoms with van der Waals surface area (Å²) in [6.07, 6.45) is 8.83. The van der Waals surface area contributed by atoms with Gasteiger partial charge in [0.1, 0.15) is 11.6 Å². The molecule has 156 valence electrons. The van der Waals surface area contributed by atoms with Gasteiger partial charge in [0, 0.05) is 55.6 Å². The number of nitrogens with one attached hydrogen (secondary N) is 1. The number of carbonyl (C=O) groups excluding carboxylic acids is 1. The van der Waals surface area contributed by atoms with Crippen LogP contribution in [0, 0.1) is 0 Å². The number of amides is 2. The first-order valence-electron chi connectivity index (χ1n) is 10.3. The highest BCUT2D eigenvalue weighted by atomic mass is 16.5. The number of imidazole rings is 1. The van der Waals surface area contributed by atoms with Crippen LogP contribution in [0.15, 0.2) is 42.9 Å². The zero-order valence-corrected chi connectivity index (χ0v) is 17.3. The van der Waals surface area contributed by atoms with Crippen molar-refractivity contribution < 1.29 is 9.53 Å². The number of benzene rings is 1. The molecule has 0 saturated carbocycles. The van der Waals surface area contributed by atoms with Crippen molar-refractivity contribution in [3.05, 3.63) is 48.7 Å². The number of urea groups is 1. The lowest BCUT2D eigenvalue weighted by Gasteiger charge is -2.38. The molecule has 0 bridgehead atoms. The Morgan fingerprint density at radius 1 is 1.17 bits per heavy atom. The summed E-state index contributed by atoms with van der Waals surface area (Å²) in [7, 11) is 3.55. The molecule has 8 heteroatoms. The Hall–Kier alpha value is -3.29. The highest BCUT2D eigenvalue weighted by Crippen LogP contribution is 2.44. The first-order chi connectivity index (χ1) is 14.6. The lowest BCUT2D eigenvalue weighted by Crippen LogP contribution is -2.46. The summed E-state index contributed by atoms with van der Waals surface area (Å²) in [4.78, 5) is 19.5. The second-order valence-corrected chi connectivity index (χ2v) is 8.20. The third-order valence-corrected chi connectivity index (χ3v) is 6.47. The Morgan fingerprint density at radius 2 is 1.97 bits per heavy atom. The molecular weight excluding hydrogens is 380 g/mol. The standard InChI is InChI=1S/C22H26N6O2/c1-26-15-16(13-24-26)19-14-23-20-22(8-11-28(19)20)6-9-27(10-7-22)21(29)25-17-4-3-5-18(12-17)30-2/h3-5,12-15H,6-11H2,1-2H3,(H,25,29). The van der Waals surface area contributed by atoms with Gasteiger partial charge in [-0.25, -0.2) is 9.78 Å². The fourth-order valence-corrected chi connectivity index (χ4v) is 4.76. The number of aryl methyl sites for hydroxylation is 1. The number of ether oxygens (including phenoxy) is 1. The third kappa shape index (κ3) is 3.12. The number of likely N-dealkylation sites (tertiary alicyclic amines) is 1. The maximum absolute atomic E-state index is 12.8. The second kappa shape index (κ2) is 7.19. The molecule has 2 aromatic heterocycles. The van der Waals surface area contributed by atoms with Gasteiger partial charge in [-0.1, -0.05) is 6.07 Å². The molecule has 30 heavy (non-hydrogen) atoms. The van der Waals surface area contributed by atoms with Gasteiger partial charge in [-0.2, -0.15) is 5.10 Å². The van der Waals surface area contributed by atoms with E-state index in [-0.39, 0.29) is 11.4 Å². The maximum atomic E-state index is 12.8. The topological polar surface area (TPSA) is 77.2 Å². The molecule has 2 aliphatic heterocycles. The van der Waals surface area contributed by atoms with Crippen LogP contribution in [0.25, 0.3) is 11.3 Å². The predicted octanol–water partition coefficient (Wildman–Crippen LogP) is 3.26. The minimum atomic E-state index is -0.0597. The lowest BCUT2D eigenvalue weighted by molar-refractivity contribution is 0.166. The number of piperidine rings is 1. The van der Waals surface area contributed by atoms with Crippen molar-refractivity contribution in [3.8, 4) is 17.0 Å². The predicted molar refractivity (Wildman–Crippen MR) is 114 cm³/mol. The zero-order valence-electron chi connectivity index (χ0n) is 17.3. The number of nitrogens with zero attached hydrogens (tertiary/aromatic N) is 5. The van der Waals surface area contributed by atoms with Crippen molar-refractivity contribution in [2.45, 2.75) is 31.2 Å². The van der Waals surface area contributed by atoms with E-state index in [1.165, 1.54) is 0 Å². The van der Waals surface area contributed by atoms with Gasteiger partial charge in [-0.15, -0.1) is 0 Å². The van der Waals surface area contributed by atoms with Gasteiger partial charge < -0.3 is 19.5 Å². The number of rotatable bonds is 3. The van der Waals surface area contributed by atoms with Crippen LogP contribution in [0.1, 0.15) is 25.1 Å². The van der Waals surface area contributed by atoms with E-state index in [1.54, 1.807) is 7.11 Å². The summed E-state index contributed by atoms with van der Waals surface area (Å²) < 4.78 is 9.39. The van der Waals surface area contributed by atoms with Crippen LogP contribution in [-0.4, -0.2) is 50.5 Å². The van der Waals surface area contributed by atoms with E-state index in [1.807, 2.05) is 59.5 Å². The average molecular weight is 406 g/mol. The van der Waals surface area contributed by atoms with Crippen molar-refractivity contribution in [2.24, 2.45) is 7.05 Å². The van der Waals surface area contributed by atoms with Crippen LogP contribution in [0.2, 0.25) is 0 Å². The van der Waals surface area contributed by atoms with E-state index in [4.69, 9.17) is 9.72 Å². The van der Waals surface area contributed by atoms with Gasteiger partial charge in [0.05, 0.1) is 25.2 Å². The number of hydrogen-bond acceptors (Lipinski definition) is 4. The van der Waals surface area contributed by atoms with Gasteiger partial charge in [0.15, 0.2) is 0 Å². The highest BCUT2D eigenvalue weighted by molar-refractivity contribution is 5.89. The van der Waals surface area contributed by atoms with Crippen molar-refractivity contribution in [1.82, 2.24) is 24.2 Å². The fourth-order valence-electron chi connectivity index (χ4n) is 4.76. The quantitative estimate of drug-likeness (QED) is 0.724. The molecule has 1 saturated heterocycles. The molecule has 1 N–H and O–H groups in total. The molecule has 0 atom stereocenters. The molecule has 0 radical (unpaired) electrons. The number of carbonyl (C=O) groups is 1. The Morgan fingerprint density at radius 3 is 2.70 bits per heavy atom. The second-order valence-electron chi connectivity index (χ2n) is 8.20. The molecule has 8 nitrogen and oxygen atoms in total. The van der Waals surface area contributed by atoms with Crippen LogP contribution in [0.4, 0.5) is 10.5 Å². The minimum Gasteiger partial charge on any atom is -0.497 e. The molecule has 0 unspecified atom stereocenters. The van der Waals surface area contributed by atoms with Crippen molar-refractivity contribution in [1.29, 1.82) is 0 Å². The first kappa shape index (κ1) is 18.7. The molecular formula is C22H26N6O2. The third-order valence-electron chi connectivity index (χ3n) is 6.47. The molecule has 0 aliphatic carbocycles. The van der Waals surface area contributed by atoms with Gasteiger partial charge in [0.2, 0.25) is 0 Å². The van der Waals surface area contributed by atoms with Gasteiger partial charge in [-0.3, -0.25) is 4.68 Å². The van der Waals surface area contributed by atoms with Gasteiger partial charge in [-0.05, 0) is 31.4 Å². The summed E-state index contributed by atoms with van der Waals surface area (Å²) in [6.45, 7) is 2.42. The maximum Gasteiger partial charge on any atom is 0.321 e. The Kier molecular flexibility index (Phi) is 4.49. The van der Waals surface area contributed by atoms with Crippen LogP contribution in [-0.2, 0) is 19.0 Å². The van der Waals surface area contributed by atoms with Gasteiger partial charge in [0.25, 0.3) is 0 Å². The minimum absolute atomic E-state index is 0.0597. The largest absolute Gasteiger partial charge is 0.497 e. The van der Waals surface area contributed by atoms with E-state index >= 15 is 0 Å². The van der Waals surface area contributed by atoms with Crippen molar-refractivity contribution >= 4 is 11.7 Å². The number of hydrogen-bond donors (Lipinski definition) is 1. The van der Waals surface area contributed by atoms with E-state index < -0.39 is 0 Å². The van der Waals surface area contributed by atoms with E-state index in [0.717, 1.165) is 67.4 Å². The number of anilines is 1. The molecule has 1 aromatic carbocycles. The molecule has 5 rings (SSSR count). The fraction of sp³-hybridized carbons (Fsp3) is 0.409. The van der Waals surface area contributed by atoms with Crippen molar-refractivity contribution in [2.75, 3.05) is 25.5 Å². The number of aromatic nitrogens is 4. The van der Waals surface area contributed by atoms with Crippen LogP contribution in [0.3, 0.4) is 0 Å². The molecule has 1 spiro atoms. The average Bonchev–Trinajstić information content (AvgIpc) is 3.46. The van der Waals surface area contributed by atoms with E-state index in [0.29, 0.717) is 0 Å².